The van der Waals surface area contributed by atoms with E-state index < -0.39 is 6.09 Å². The maximum Gasteiger partial charge on any atom is 0.407 e. The van der Waals surface area contributed by atoms with E-state index >= 15 is 0 Å². The Bertz CT molecular complexity index is 1120. The Hall–Kier alpha value is -2.79. The van der Waals surface area contributed by atoms with Gasteiger partial charge in [-0.2, -0.15) is 5.26 Å². The summed E-state index contributed by atoms with van der Waals surface area (Å²) in [4.78, 5) is 25.1. The van der Waals surface area contributed by atoms with Crippen LogP contribution >= 0.6 is 11.8 Å². The lowest BCUT2D eigenvalue weighted by atomic mass is 9.63. The smallest absolute Gasteiger partial charge is 0.407 e. The van der Waals surface area contributed by atoms with Crippen molar-refractivity contribution in [3.63, 3.8) is 0 Å². The maximum absolute atomic E-state index is 11.6. The number of nitrogens with zero attached hydrogens (tertiary/aromatic N) is 5. The number of fused-ring (bicyclic) bond motifs is 2. The summed E-state index contributed by atoms with van der Waals surface area (Å²) in [5, 5.41) is 19.6. The van der Waals surface area contributed by atoms with Gasteiger partial charge < -0.3 is 14.9 Å². The Balaban J connectivity index is 1.45. The zero-order valence-electron chi connectivity index (χ0n) is 19.0. The molecule has 0 unspecified atom stereocenters. The number of thioether (sulfide) groups is 1. The summed E-state index contributed by atoms with van der Waals surface area (Å²) in [6, 6.07) is 10.6. The number of benzene rings is 1. The van der Waals surface area contributed by atoms with Crippen molar-refractivity contribution in [2.24, 2.45) is 5.41 Å². The molecular formula is C25H29N5O2S. The molecule has 1 aromatic heterocycles. The van der Waals surface area contributed by atoms with Crippen LogP contribution in [0.25, 0.3) is 0 Å². The average Bonchev–Trinajstić information content (AvgIpc) is 2.83. The van der Waals surface area contributed by atoms with Gasteiger partial charge in [-0.15, -0.1) is 0 Å². The van der Waals surface area contributed by atoms with Gasteiger partial charge >= 0.3 is 6.09 Å². The average molecular weight is 464 g/mol. The normalized spacial score (nSPS) is 24.2. The number of carbonyl (C=O) groups is 1. The fourth-order valence-corrected chi connectivity index (χ4v) is 6.27. The van der Waals surface area contributed by atoms with Crippen molar-refractivity contribution in [2.45, 2.75) is 56.1 Å². The molecule has 2 atom stereocenters. The molecule has 8 heteroatoms. The van der Waals surface area contributed by atoms with Crippen molar-refractivity contribution in [1.82, 2.24) is 14.9 Å². The van der Waals surface area contributed by atoms with E-state index in [4.69, 9.17) is 9.97 Å². The number of anilines is 1. The first-order valence-electron chi connectivity index (χ1n) is 11.6. The predicted molar refractivity (Wildman–Crippen MR) is 128 cm³/mol. The molecule has 1 aliphatic heterocycles. The molecule has 7 nitrogen and oxygen atoms in total. The summed E-state index contributed by atoms with van der Waals surface area (Å²) in [6.07, 6.45) is 7.71. The summed E-state index contributed by atoms with van der Waals surface area (Å²) in [6.45, 7) is 1.47. The number of aryl methyl sites for hydroxylation is 1. The first-order chi connectivity index (χ1) is 16.0. The molecule has 2 aliphatic carbocycles. The second-order valence-electron chi connectivity index (χ2n) is 9.52. The van der Waals surface area contributed by atoms with Crippen LogP contribution in [0.4, 0.5) is 10.6 Å². The van der Waals surface area contributed by atoms with Gasteiger partial charge in [0.05, 0.1) is 24.2 Å². The Morgan fingerprint density at radius 1 is 1.21 bits per heavy atom. The number of rotatable bonds is 3. The molecule has 0 bridgehead atoms. The number of amides is 1. The van der Waals surface area contributed by atoms with Gasteiger partial charge in [-0.3, -0.25) is 0 Å². The second kappa shape index (κ2) is 8.86. The van der Waals surface area contributed by atoms with Crippen LogP contribution in [-0.4, -0.2) is 58.0 Å². The van der Waals surface area contributed by atoms with E-state index in [1.807, 2.05) is 6.26 Å². The van der Waals surface area contributed by atoms with Gasteiger partial charge in [0.1, 0.15) is 5.82 Å². The van der Waals surface area contributed by atoms with Gasteiger partial charge in [-0.25, -0.2) is 14.8 Å². The highest BCUT2D eigenvalue weighted by Crippen LogP contribution is 2.46. The minimum atomic E-state index is -0.955. The van der Waals surface area contributed by atoms with Gasteiger partial charge in [-0.1, -0.05) is 36.0 Å². The predicted octanol–water partition coefficient (Wildman–Crippen LogP) is 3.94. The molecule has 2 aromatic rings. The number of carboxylic acid groups (broad SMARTS) is 1. The number of nitriles is 1. The third-order valence-corrected chi connectivity index (χ3v) is 8.19. The molecule has 3 aliphatic rings. The Morgan fingerprint density at radius 2 is 2.00 bits per heavy atom. The summed E-state index contributed by atoms with van der Waals surface area (Å²) in [5.41, 5.74) is 5.61. The van der Waals surface area contributed by atoms with Crippen molar-refractivity contribution in [1.29, 1.82) is 5.26 Å². The van der Waals surface area contributed by atoms with Crippen molar-refractivity contribution in [2.75, 3.05) is 30.8 Å². The molecule has 1 aromatic carbocycles. The minimum Gasteiger partial charge on any atom is -0.465 e. The maximum atomic E-state index is 11.6. The monoisotopic (exact) mass is 463 g/mol. The highest BCUT2D eigenvalue weighted by atomic mass is 32.2. The van der Waals surface area contributed by atoms with Crippen LogP contribution in [0.5, 0.6) is 0 Å². The van der Waals surface area contributed by atoms with E-state index in [0.717, 1.165) is 48.8 Å². The molecule has 1 N–H and O–H groups in total. The SMILES string of the molecule is CSc1nc2c(c(N3CCN(C(=O)O)[C@@H](CC#N)C3)n1)CC[C@]1(CCc3ccccc3C1)C2. The van der Waals surface area contributed by atoms with E-state index in [1.165, 1.54) is 28.0 Å². The van der Waals surface area contributed by atoms with Gasteiger partial charge in [0.2, 0.25) is 0 Å². The molecule has 2 heterocycles. The van der Waals surface area contributed by atoms with Crippen LogP contribution in [0, 0.1) is 16.7 Å². The second-order valence-corrected chi connectivity index (χ2v) is 10.3. The molecule has 1 fully saturated rings. The van der Waals surface area contributed by atoms with Gasteiger partial charge in [-0.05, 0) is 61.3 Å². The largest absolute Gasteiger partial charge is 0.465 e. The zero-order valence-corrected chi connectivity index (χ0v) is 19.8. The standard InChI is InChI=1S/C25H29N5O2S/c1-33-23-27-21-15-25(9-6-17-4-2-3-5-18(17)14-25)10-7-20(21)22(28-23)29-12-13-30(24(31)32)19(16-29)8-11-26/h2-5,19H,6-10,12-16H2,1H3,(H,31,32)/t19-,25-/m0/s1. The van der Waals surface area contributed by atoms with Crippen LogP contribution < -0.4 is 4.90 Å². The lowest BCUT2D eigenvalue weighted by molar-refractivity contribution is 0.119. The molecule has 1 saturated heterocycles. The van der Waals surface area contributed by atoms with Crippen LogP contribution in [0.3, 0.4) is 0 Å². The number of hydrogen-bond donors (Lipinski definition) is 1. The number of hydrogen-bond acceptors (Lipinski definition) is 6. The Kier molecular flexibility index (Phi) is 5.92. The fourth-order valence-electron chi connectivity index (χ4n) is 5.89. The molecular weight excluding hydrogens is 434 g/mol. The van der Waals surface area contributed by atoms with E-state index in [1.54, 1.807) is 11.8 Å². The van der Waals surface area contributed by atoms with Crippen molar-refractivity contribution in [3.8, 4) is 6.07 Å². The lowest BCUT2D eigenvalue weighted by Gasteiger charge is -2.44. The van der Waals surface area contributed by atoms with Gasteiger partial charge in [0.15, 0.2) is 5.16 Å². The van der Waals surface area contributed by atoms with Crippen LogP contribution in [-0.2, 0) is 25.7 Å². The molecule has 1 spiro atoms. The number of piperazine rings is 1. The quantitative estimate of drug-likeness (QED) is 0.544. The molecule has 0 saturated carbocycles. The van der Waals surface area contributed by atoms with E-state index in [9.17, 15) is 15.2 Å². The van der Waals surface area contributed by atoms with Crippen molar-refractivity contribution < 1.29 is 9.90 Å². The summed E-state index contributed by atoms with van der Waals surface area (Å²) >= 11 is 1.55. The highest BCUT2D eigenvalue weighted by Gasteiger charge is 2.40. The van der Waals surface area contributed by atoms with Crippen molar-refractivity contribution in [3.05, 3.63) is 46.6 Å². The first-order valence-corrected chi connectivity index (χ1v) is 12.9. The van der Waals surface area contributed by atoms with E-state index in [-0.39, 0.29) is 17.9 Å². The molecule has 1 amide bonds. The Labute approximate surface area is 198 Å². The minimum absolute atomic E-state index is 0.188. The highest BCUT2D eigenvalue weighted by molar-refractivity contribution is 7.98. The summed E-state index contributed by atoms with van der Waals surface area (Å²) in [5.74, 6) is 0.948. The lowest BCUT2D eigenvalue weighted by Crippen LogP contribution is -2.55. The third-order valence-electron chi connectivity index (χ3n) is 7.64. The van der Waals surface area contributed by atoms with Crippen molar-refractivity contribution >= 4 is 23.7 Å². The first kappa shape index (κ1) is 22.0. The molecule has 33 heavy (non-hydrogen) atoms. The van der Waals surface area contributed by atoms with Gasteiger partial charge in [0, 0.05) is 25.2 Å². The molecule has 0 radical (unpaired) electrons. The Morgan fingerprint density at radius 3 is 2.76 bits per heavy atom. The van der Waals surface area contributed by atoms with Gasteiger partial charge in [0.25, 0.3) is 0 Å². The molecule has 172 valence electrons. The van der Waals surface area contributed by atoms with E-state index in [0.29, 0.717) is 19.6 Å². The zero-order chi connectivity index (χ0) is 23.0. The van der Waals surface area contributed by atoms with Crippen LogP contribution in [0.15, 0.2) is 29.4 Å². The summed E-state index contributed by atoms with van der Waals surface area (Å²) < 4.78 is 0. The fraction of sp³-hybridized carbons (Fsp3) is 0.520. The molecule has 5 rings (SSSR count). The van der Waals surface area contributed by atoms with Crippen LogP contribution in [0.1, 0.15) is 41.6 Å². The number of aromatic nitrogens is 2. The third kappa shape index (κ3) is 4.15. The topological polar surface area (TPSA) is 93.4 Å². The summed E-state index contributed by atoms with van der Waals surface area (Å²) in [7, 11) is 0. The van der Waals surface area contributed by atoms with Crippen LogP contribution in [0.2, 0.25) is 0 Å². The van der Waals surface area contributed by atoms with E-state index in [2.05, 4.69) is 35.2 Å².